The molecular formula is C14H16N2O2. The SMILES string of the molecule is Cc1cc(C)c(-c2cc(C(=O)O)n(C)n2)c(C)c1. The summed E-state index contributed by atoms with van der Waals surface area (Å²) in [6.45, 7) is 6.08. The van der Waals surface area contributed by atoms with Crippen LogP contribution in [-0.2, 0) is 7.05 Å². The van der Waals surface area contributed by atoms with E-state index in [1.807, 2.05) is 20.8 Å². The van der Waals surface area contributed by atoms with Crippen LogP contribution >= 0.6 is 0 Å². The third-order valence-electron chi connectivity index (χ3n) is 3.03. The van der Waals surface area contributed by atoms with Gasteiger partial charge < -0.3 is 5.11 Å². The smallest absolute Gasteiger partial charge is 0.354 e. The molecule has 94 valence electrons. The van der Waals surface area contributed by atoms with E-state index < -0.39 is 5.97 Å². The van der Waals surface area contributed by atoms with Gasteiger partial charge >= 0.3 is 5.97 Å². The molecule has 0 aliphatic carbocycles. The first-order valence-electron chi connectivity index (χ1n) is 5.75. The zero-order valence-electron chi connectivity index (χ0n) is 11.0. The Labute approximate surface area is 106 Å². The van der Waals surface area contributed by atoms with Gasteiger partial charge in [0.1, 0.15) is 5.69 Å². The standard InChI is InChI=1S/C14H16N2O2/c1-8-5-9(2)13(10(3)6-8)11-7-12(14(17)18)16(4)15-11/h5-7H,1-4H3,(H,17,18). The monoisotopic (exact) mass is 244 g/mol. The second-order valence-electron chi connectivity index (χ2n) is 4.62. The lowest BCUT2D eigenvalue weighted by Crippen LogP contribution is -2.04. The second kappa shape index (κ2) is 4.29. The van der Waals surface area contributed by atoms with E-state index in [0.29, 0.717) is 5.69 Å². The molecule has 0 radical (unpaired) electrons. The van der Waals surface area contributed by atoms with Gasteiger partial charge in [0, 0.05) is 12.6 Å². The summed E-state index contributed by atoms with van der Waals surface area (Å²) in [5, 5.41) is 13.3. The molecule has 4 nitrogen and oxygen atoms in total. The Kier molecular flexibility index (Phi) is 2.95. The van der Waals surface area contributed by atoms with Crippen LogP contribution in [0.1, 0.15) is 27.2 Å². The molecule has 18 heavy (non-hydrogen) atoms. The summed E-state index contributed by atoms with van der Waals surface area (Å²) in [5.74, 6) is -0.960. The van der Waals surface area contributed by atoms with Gasteiger partial charge in [-0.15, -0.1) is 0 Å². The van der Waals surface area contributed by atoms with Gasteiger partial charge in [0.15, 0.2) is 0 Å². The van der Waals surface area contributed by atoms with Crippen molar-refractivity contribution >= 4 is 5.97 Å². The molecule has 1 N–H and O–H groups in total. The van der Waals surface area contributed by atoms with Gasteiger partial charge in [-0.3, -0.25) is 4.68 Å². The number of aryl methyl sites for hydroxylation is 4. The number of carboxylic acids is 1. The third kappa shape index (κ3) is 2.01. The molecular weight excluding hydrogens is 228 g/mol. The van der Waals surface area contributed by atoms with Crippen molar-refractivity contribution in [3.05, 3.63) is 40.6 Å². The third-order valence-corrected chi connectivity index (χ3v) is 3.03. The maximum absolute atomic E-state index is 11.0. The normalized spacial score (nSPS) is 10.7. The molecule has 1 heterocycles. The van der Waals surface area contributed by atoms with E-state index in [4.69, 9.17) is 5.11 Å². The van der Waals surface area contributed by atoms with Gasteiger partial charge in [-0.2, -0.15) is 5.10 Å². The summed E-state index contributed by atoms with van der Waals surface area (Å²) < 4.78 is 1.40. The van der Waals surface area contributed by atoms with E-state index in [-0.39, 0.29) is 5.69 Å². The van der Waals surface area contributed by atoms with Crippen LogP contribution in [0.15, 0.2) is 18.2 Å². The molecule has 0 amide bonds. The lowest BCUT2D eigenvalue weighted by molar-refractivity contribution is 0.0685. The number of carbonyl (C=O) groups is 1. The van der Waals surface area contributed by atoms with Gasteiger partial charge in [0.2, 0.25) is 0 Å². The Hall–Kier alpha value is -2.10. The van der Waals surface area contributed by atoms with E-state index in [1.165, 1.54) is 10.2 Å². The Morgan fingerprint density at radius 3 is 2.17 bits per heavy atom. The highest BCUT2D eigenvalue weighted by atomic mass is 16.4. The minimum absolute atomic E-state index is 0.198. The van der Waals surface area contributed by atoms with Crippen molar-refractivity contribution in [1.29, 1.82) is 0 Å². The molecule has 0 spiro atoms. The first-order chi connectivity index (χ1) is 8.40. The Morgan fingerprint density at radius 2 is 1.72 bits per heavy atom. The fourth-order valence-corrected chi connectivity index (χ4v) is 2.37. The maximum Gasteiger partial charge on any atom is 0.354 e. The van der Waals surface area contributed by atoms with Gasteiger partial charge in [-0.05, 0) is 38.0 Å². The molecule has 0 saturated carbocycles. The van der Waals surface area contributed by atoms with Crippen LogP contribution in [0.25, 0.3) is 11.3 Å². The van der Waals surface area contributed by atoms with Gasteiger partial charge in [-0.25, -0.2) is 4.79 Å². The summed E-state index contributed by atoms with van der Waals surface area (Å²) >= 11 is 0. The fraction of sp³-hybridized carbons (Fsp3) is 0.286. The number of aromatic carboxylic acids is 1. The van der Waals surface area contributed by atoms with Crippen LogP contribution in [0.5, 0.6) is 0 Å². The number of aromatic nitrogens is 2. The van der Waals surface area contributed by atoms with Crippen LogP contribution in [0.2, 0.25) is 0 Å². The van der Waals surface area contributed by atoms with E-state index in [2.05, 4.69) is 17.2 Å². The molecule has 0 unspecified atom stereocenters. The van der Waals surface area contributed by atoms with Crippen molar-refractivity contribution in [1.82, 2.24) is 9.78 Å². The summed E-state index contributed by atoms with van der Waals surface area (Å²) in [6, 6.07) is 5.78. The topological polar surface area (TPSA) is 55.1 Å². The van der Waals surface area contributed by atoms with Crippen molar-refractivity contribution in [2.24, 2.45) is 7.05 Å². The maximum atomic E-state index is 11.0. The molecule has 1 aromatic heterocycles. The zero-order valence-corrected chi connectivity index (χ0v) is 11.0. The Bertz CT molecular complexity index is 604. The highest BCUT2D eigenvalue weighted by Gasteiger charge is 2.15. The average molecular weight is 244 g/mol. The Morgan fingerprint density at radius 1 is 1.17 bits per heavy atom. The summed E-state index contributed by atoms with van der Waals surface area (Å²) in [5.41, 5.74) is 5.35. The van der Waals surface area contributed by atoms with Crippen molar-refractivity contribution in [3.8, 4) is 11.3 Å². The molecule has 0 bridgehead atoms. The molecule has 2 rings (SSSR count). The van der Waals surface area contributed by atoms with Crippen LogP contribution < -0.4 is 0 Å². The number of benzene rings is 1. The van der Waals surface area contributed by atoms with Crippen molar-refractivity contribution in [3.63, 3.8) is 0 Å². The highest BCUT2D eigenvalue weighted by Crippen LogP contribution is 2.27. The largest absolute Gasteiger partial charge is 0.477 e. The number of carboxylic acid groups (broad SMARTS) is 1. The lowest BCUT2D eigenvalue weighted by Gasteiger charge is -2.08. The Balaban J connectivity index is 2.63. The van der Waals surface area contributed by atoms with Crippen molar-refractivity contribution in [2.45, 2.75) is 20.8 Å². The van der Waals surface area contributed by atoms with Crippen LogP contribution in [-0.4, -0.2) is 20.9 Å². The first kappa shape index (κ1) is 12.4. The predicted octanol–water partition coefficient (Wildman–Crippen LogP) is 2.71. The van der Waals surface area contributed by atoms with E-state index in [9.17, 15) is 4.79 Å². The fourth-order valence-electron chi connectivity index (χ4n) is 2.37. The molecule has 4 heteroatoms. The molecule has 0 atom stereocenters. The molecule has 0 saturated heterocycles. The van der Waals surface area contributed by atoms with Crippen LogP contribution in [0, 0.1) is 20.8 Å². The number of hydrogen-bond acceptors (Lipinski definition) is 2. The van der Waals surface area contributed by atoms with Crippen molar-refractivity contribution in [2.75, 3.05) is 0 Å². The predicted molar refractivity (Wildman–Crippen MR) is 69.8 cm³/mol. The van der Waals surface area contributed by atoms with Gasteiger partial charge in [0.25, 0.3) is 0 Å². The summed E-state index contributed by atoms with van der Waals surface area (Å²) in [6.07, 6.45) is 0. The van der Waals surface area contributed by atoms with Gasteiger partial charge in [-0.1, -0.05) is 17.7 Å². The molecule has 0 aliphatic heterocycles. The minimum atomic E-state index is -0.960. The molecule has 2 aromatic rings. The number of nitrogens with zero attached hydrogens (tertiary/aromatic N) is 2. The van der Waals surface area contributed by atoms with Crippen molar-refractivity contribution < 1.29 is 9.90 Å². The number of hydrogen-bond donors (Lipinski definition) is 1. The van der Waals surface area contributed by atoms with Crippen LogP contribution in [0.3, 0.4) is 0 Å². The highest BCUT2D eigenvalue weighted by molar-refractivity contribution is 5.87. The zero-order chi connectivity index (χ0) is 13.4. The first-order valence-corrected chi connectivity index (χ1v) is 5.75. The molecule has 0 aliphatic rings. The average Bonchev–Trinajstić information content (AvgIpc) is 2.58. The summed E-state index contributed by atoms with van der Waals surface area (Å²) in [7, 11) is 1.64. The second-order valence-corrected chi connectivity index (χ2v) is 4.62. The van der Waals surface area contributed by atoms with E-state index >= 15 is 0 Å². The van der Waals surface area contributed by atoms with Gasteiger partial charge in [0.05, 0.1) is 5.69 Å². The number of rotatable bonds is 2. The van der Waals surface area contributed by atoms with E-state index in [0.717, 1.165) is 16.7 Å². The quantitative estimate of drug-likeness (QED) is 0.883. The van der Waals surface area contributed by atoms with E-state index in [1.54, 1.807) is 13.1 Å². The molecule has 1 aromatic carbocycles. The van der Waals surface area contributed by atoms with Crippen LogP contribution in [0.4, 0.5) is 0 Å². The minimum Gasteiger partial charge on any atom is -0.477 e. The summed E-state index contributed by atoms with van der Waals surface area (Å²) in [4.78, 5) is 11.0. The lowest BCUT2D eigenvalue weighted by atomic mass is 9.97. The molecule has 0 fully saturated rings.